The van der Waals surface area contributed by atoms with Crippen molar-refractivity contribution in [2.75, 3.05) is 26.4 Å². The Bertz CT molecular complexity index is 1100. The third kappa shape index (κ3) is 9.21. The van der Waals surface area contributed by atoms with Crippen molar-refractivity contribution in [3.8, 4) is 0 Å². The smallest absolute Gasteiger partial charge is 0.349 e. The van der Waals surface area contributed by atoms with E-state index in [2.05, 4.69) is 23.1 Å². The first kappa shape index (κ1) is 29.2. The van der Waals surface area contributed by atoms with Crippen molar-refractivity contribution < 1.29 is 60.6 Å². The van der Waals surface area contributed by atoms with E-state index in [1.165, 1.54) is 20.0 Å². The summed E-state index contributed by atoms with van der Waals surface area (Å²) in [6, 6.07) is 0. The van der Waals surface area contributed by atoms with Gasteiger partial charge in [-0.1, -0.05) is 0 Å². The molecule has 2 rings (SSSR count). The van der Waals surface area contributed by atoms with Crippen molar-refractivity contribution in [3.63, 3.8) is 0 Å². The molecule has 0 aliphatic carbocycles. The summed E-state index contributed by atoms with van der Waals surface area (Å²) in [6.07, 6.45) is -2.96. The van der Waals surface area contributed by atoms with Gasteiger partial charge in [0.15, 0.2) is 0 Å². The van der Waals surface area contributed by atoms with E-state index >= 15 is 0 Å². The minimum Gasteiger partial charge on any atom is -0.349 e. The standard InChI is InChI=1S/C14H25N2O15P3/c1-3-26-33(22,23)27-4-5-28-34(24,25)31-10-6-12(30-11(10)8-29-32(19,20)21)16-7-9(2)13(17)15-14(16)18/h7,10-12H,3-6,8H2,1-2H3,(H,22,23)(H,24,25)(H,15,17,18)(H2,19,20,21). The number of ether oxygens (including phenoxy) is 1. The van der Waals surface area contributed by atoms with E-state index in [0.717, 1.165) is 4.57 Å². The van der Waals surface area contributed by atoms with E-state index < -0.39 is 73.0 Å². The topological polar surface area (TPSA) is 242 Å². The Morgan fingerprint density at radius 3 is 2.26 bits per heavy atom. The van der Waals surface area contributed by atoms with E-state index in [9.17, 15) is 33.1 Å². The van der Waals surface area contributed by atoms with Crippen LogP contribution >= 0.6 is 23.5 Å². The number of aromatic nitrogens is 2. The molecule has 34 heavy (non-hydrogen) atoms. The third-order valence-corrected chi connectivity index (χ3v) is 6.82. The Balaban J connectivity index is 2.09. The minimum absolute atomic E-state index is 0.116. The molecule has 0 radical (unpaired) electrons. The molecule has 5 unspecified atom stereocenters. The lowest BCUT2D eigenvalue weighted by Crippen LogP contribution is -2.33. The van der Waals surface area contributed by atoms with Gasteiger partial charge in [0, 0.05) is 18.2 Å². The Labute approximate surface area is 192 Å². The number of phosphoric acid groups is 3. The van der Waals surface area contributed by atoms with Gasteiger partial charge in [-0.25, -0.2) is 18.5 Å². The summed E-state index contributed by atoms with van der Waals surface area (Å²) < 4.78 is 64.3. The molecular formula is C14H25N2O15P3. The highest BCUT2D eigenvalue weighted by molar-refractivity contribution is 7.47. The molecule has 0 aromatic carbocycles. The molecule has 1 aromatic heterocycles. The van der Waals surface area contributed by atoms with Gasteiger partial charge < -0.3 is 24.3 Å². The summed E-state index contributed by atoms with van der Waals surface area (Å²) >= 11 is 0. The van der Waals surface area contributed by atoms with Crippen molar-refractivity contribution in [1.82, 2.24) is 9.55 Å². The molecule has 1 saturated heterocycles. The molecule has 20 heteroatoms. The second-order valence-electron chi connectivity index (χ2n) is 6.80. The lowest BCUT2D eigenvalue weighted by molar-refractivity contribution is -0.0458. The normalized spacial score (nSPS) is 24.6. The summed E-state index contributed by atoms with van der Waals surface area (Å²) in [5, 5.41) is 0. The van der Waals surface area contributed by atoms with Crippen LogP contribution in [0, 0.1) is 6.92 Å². The van der Waals surface area contributed by atoms with E-state index in [4.69, 9.17) is 19.0 Å². The summed E-state index contributed by atoms with van der Waals surface area (Å²) in [5.74, 6) is 0. The molecule has 5 N–H and O–H groups in total. The first-order valence-electron chi connectivity index (χ1n) is 9.57. The molecule has 1 fully saturated rings. The summed E-state index contributed by atoms with van der Waals surface area (Å²) in [4.78, 5) is 62.9. The number of nitrogens with one attached hydrogen (secondary N) is 1. The van der Waals surface area contributed by atoms with Crippen LogP contribution in [0.25, 0.3) is 0 Å². The number of aryl methyl sites for hydroxylation is 1. The quantitative estimate of drug-likeness (QED) is 0.158. The lowest BCUT2D eigenvalue weighted by atomic mass is 10.2. The average Bonchev–Trinajstić information content (AvgIpc) is 3.07. The fraction of sp³-hybridized carbons (Fsp3) is 0.714. The van der Waals surface area contributed by atoms with E-state index in [-0.39, 0.29) is 18.6 Å². The second kappa shape index (κ2) is 11.8. The Morgan fingerprint density at radius 2 is 1.68 bits per heavy atom. The van der Waals surface area contributed by atoms with Crippen LogP contribution in [0.2, 0.25) is 0 Å². The SMILES string of the molecule is CCOP(=O)(O)OCCOP(=O)(O)OC1CC(n2cc(C)c(=O)[nH]c2=O)OC1COP(=O)(O)O. The van der Waals surface area contributed by atoms with Gasteiger partial charge in [0.25, 0.3) is 5.56 Å². The Morgan fingerprint density at radius 1 is 1.06 bits per heavy atom. The van der Waals surface area contributed by atoms with Crippen molar-refractivity contribution in [1.29, 1.82) is 0 Å². The fourth-order valence-electron chi connectivity index (χ4n) is 2.81. The molecule has 1 aliphatic rings. The van der Waals surface area contributed by atoms with Gasteiger partial charge in [-0.05, 0) is 13.8 Å². The maximum Gasteiger partial charge on any atom is 0.472 e. The van der Waals surface area contributed by atoms with Crippen molar-refractivity contribution in [2.24, 2.45) is 0 Å². The molecule has 196 valence electrons. The predicted molar refractivity (Wildman–Crippen MR) is 111 cm³/mol. The van der Waals surface area contributed by atoms with Crippen molar-refractivity contribution >= 4 is 23.5 Å². The Hall–Kier alpha value is -1.03. The molecule has 0 bridgehead atoms. The monoisotopic (exact) mass is 554 g/mol. The van der Waals surface area contributed by atoms with Gasteiger partial charge in [0.1, 0.15) is 18.4 Å². The van der Waals surface area contributed by atoms with E-state index in [1.54, 1.807) is 0 Å². The number of rotatable bonds is 13. The van der Waals surface area contributed by atoms with Gasteiger partial charge in [-0.15, -0.1) is 0 Å². The lowest BCUT2D eigenvalue weighted by Gasteiger charge is -2.21. The molecule has 1 aromatic rings. The van der Waals surface area contributed by atoms with Crippen molar-refractivity contribution in [3.05, 3.63) is 32.6 Å². The van der Waals surface area contributed by atoms with Crippen LogP contribution in [-0.2, 0) is 41.1 Å². The Kier molecular flexibility index (Phi) is 10.1. The molecule has 0 saturated carbocycles. The number of H-pyrrole nitrogens is 1. The van der Waals surface area contributed by atoms with Gasteiger partial charge in [0.2, 0.25) is 0 Å². The molecule has 1 aliphatic heterocycles. The molecule has 5 atom stereocenters. The zero-order valence-corrected chi connectivity index (χ0v) is 20.6. The molecule has 0 amide bonds. The minimum atomic E-state index is -4.95. The third-order valence-electron chi connectivity index (χ3n) is 4.20. The van der Waals surface area contributed by atoms with Gasteiger partial charge in [-0.3, -0.25) is 37.0 Å². The zero-order valence-electron chi connectivity index (χ0n) is 17.9. The van der Waals surface area contributed by atoms with Crippen molar-refractivity contribution in [2.45, 2.75) is 38.7 Å². The van der Waals surface area contributed by atoms with Gasteiger partial charge >= 0.3 is 29.2 Å². The zero-order chi connectivity index (χ0) is 25.7. The van der Waals surface area contributed by atoms with Gasteiger partial charge in [0.05, 0.1) is 26.4 Å². The number of hydrogen-bond donors (Lipinski definition) is 5. The summed E-state index contributed by atoms with van der Waals surface area (Å²) in [7, 11) is -14.2. The maximum absolute atomic E-state index is 12.3. The molecule has 0 spiro atoms. The van der Waals surface area contributed by atoms with Crippen LogP contribution in [0.15, 0.2) is 15.8 Å². The summed E-state index contributed by atoms with van der Waals surface area (Å²) in [6.45, 7) is 0.695. The maximum atomic E-state index is 12.3. The highest BCUT2D eigenvalue weighted by Gasteiger charge is 2.43. The number of phosphoric ester groups is 3. The largest absolute Gasteiger partial charge is 0.472 e. The van der Waals surface area contributed by atoms with Crippen LogP contribution < -0.4 is 11.2 Å². The predicted octanol–water partition coefficient (Wildman–Crippen LogP) is -0.102. The highest BCUT2D eigenvalue weighted by atomic mass is 31.2. The fourth-order valence-corrected chi connectivity index (χ4v) is 4.79. The van der Waals surface area contributed by atoms with Crippen LogP contribution in [-0.4, -0.2) is 67.8 Å². The first-order chi connectivity index (χ1) is 15.6. The summed E-state index contributed by atoms with van der Waals surface area (Å²) in [5.41, 5.74) is -1.35. The molecule has 17 nitrogen and oxygen atoms in total. The molecule has 2 heterocycles. The highest BCUT2D eigenvalue weighted by Crippen LogP contribution is 2.49. The van der Waals surface area contributed by atoms with Gasteiger partial charge in [-0.2, -0.15) is 0 Å². The first-order valence-corrected chi connectivity index (χ1v) is 14.1. The number of hydrogen-bond acceptors (Lipinski definition) is 11. The van der Waals surface area contributed by atoms with Crippen LogP contribution in [0.3, 0.4) is 0 Å². The number of nitrogens with zero attached hydrogens (tertiary/aromatic N) is 1. The average molecular weight is 554 g/mol. The van der Waals surface area contributed by atoms with E-state index in [0.29, 0.717) is 0 Å². The number of aromatic amines is 1. The second-order valence-corrected chi connectivity index (χ2v) is 10.9. The van der Waals surface area contributed by atoms with E-state index in [1.807, 2.05) is 0 Å². The van der Waals surface area contributed by atoms with Crippen LogP contribution in [0.4, 0.5) is 0 Å². The van der Waals surface area contributed by atoms with Crippen LogP contribution in [0.5, 0.6) is 0 Å². The van der Waals surface area contributed by atoms with Crippen LogP contribution in [0.1, 0.15) is 25.1 Å². The molecular weight excluding hydrogens is 529 g/mol.